The number of thiophene rings is 1. The van der Waals surface area contributed by atoms with E-state index in [1.165, 1.54) is 18.9 Å². The molecule has 0 atom stereocenters. The molecule has 1 aliphatic carbocycles. The molecular weight excluding hydrogens is 390 g/mol. The molecule has 1 aliphatic rings. The number of rotatable bonds is 5. The van der Waals surface area contributed by atoms with Crippen LogP contribution in [-0.4, -0.2) is 26.0 Å². The Hall–Kier alpha value is 0.730. The molecule has 0 radical (unpaired) electrons. The van der Waals surface area contributed by atoms with Crippen molar-refractivity contribution in [3.63, 3.8) is 0 Å². The van der Waals surface area contributed by atoms with Crippen LogP contribution < -0.4 is 4.72 Å². The lowest BCUT2D eigenvalue weighted by Crippen LogP contribution is -2.38. The molecular formula is C11H15BrClNO2S3. The van der Waals surface area contributed by atoms with Crippen molar-refractivity contribution < 1.29 is 8.42 Å². The first-order valence-electron chi connectivity index (χ1n) is 5.88. The summed E-state index contributed by atoms with van der Waals surface area (Å²) in [6.07, 6.45) is 6.56. The summed E-state index contributed by atoms with van der Waals surface area (Å²) in [7, 11) is -3.46. The molecule has 1 aromatic rings. The molecule has 0 aromatic carbocycles. The molecule has 0 aliphatic heterocycles. The molecule has 0 bridgehead atoms. The van der Waals surface area contributed by atoms with E-state index in [0.717, 1.165) is 24.2 Å². The second-order valence-electron chi connectivity index (χ2n) is 4.61. The summed E-state index contributed by atoms with van der Waals surface area (Å²) < 4.78 is 28.1. The van der Waals surface area contributed by atoms with Gasteiger partial charge in [0.25, 0.3) is 0 Å². The van der Waals surface area contributed by atoms with Gasteiger partial charge in [-0.25, -0.2) is 13.1 Å². The molecule has 1 heterocycles. The van der Waals surface area contributed by atoms with Gasteiger partial charge < -0.3 is 0 Å². The van der Waals surface area contributed by atoms with Crippen molar-refractivity contribution in [1.82, 2.24) is 4.72 Å². The quantitative estimate of drug-likeness (QED) is 0.803. The highest BCUT2D eigenvalue weighted by atomic mass is 79.9. The maximum Gasteiger partial charge on any atom is 0.250 e. The monoisotopic (exact) mass is 403 g/mol. The van der Waals surface area contributed by atoms with Gasteiger partial charge in [-0.15, -0.1) is 11.3 Å². The second kappa shape index (κ2) is 6.23. The van der Waals surface area contributed by atoms with Crippen LogP contribution in [0.2, 0.25) is 5.02 Å². The minimum absolute atomic E-state index is 0.0609. The fraction of sp³-hybridized carbons (Fsp3) is 0.636. The number of hydrogen-bond acceptors (Lipinski definition) is 4. The second-order valence-corrected chi connectivity index (χ2v) is 10.7. The van der Waals surface area contributed by atoms with Crippen molar-refractivity contribution in [1.29, 1.82) is 0 Å². The Morgan fingerprint density at radius 2 is 2.16 bits per heavy atom. The highest BCUT2D eigenvalue weighted by Crippen LogP contribution is 2.40. The summed E-state index contributed by atoms with van der Waals surface area (Å²) in [5.74, 6) is 0. The standard InChI is InChI=1S/C11H15BrClNO2S3/c1-17-11(4-2-3-5-11)7-14-19(15,16)9-6-8(13)10(12)18-9/h6,14H,2-5,7H2,1H3. The zero-order valence-corrected chi connectivity index (χ0v) is 15.2. The Morgan fingerprint density at radius 3 is 2.63 bits per heavy atom. The van der Waals surface area contributed by atoms with Gasteiger partial charge in [0.15, 0.2) is 0 Å². The summed E-state index contributed by atoms with van der Waals surface area (Å²) in [6, 6.07) is 1.49. The zero-order chi connectivity index (χ0) is 14.1. The Balaban J connectivity index is 2.09. The fourth-order valence-corrected chi connectivity index (χ4v) is 6.80. The first-order valence-corrected chi connectivity index (χ1v) is 10.6. The molecule has 0 unspecified atom stereocenters. The first-order chi connectivity index (χ1) is 8.88. The van der Waals surface area contributed by atoms with Gasteiger partial charge in [0.2, 0.25) is 10.0 Å². The summed E-state index contributed by atoms with van der Waals surface area (Å²) in [5.41, 5.74) is 0. The molecule has 8 heteroatoms. The van der Waals surface area contributed by atoms with Crippen LogP contribution in [0.25, 0.3) is 0 Å². The van der Waals surface area contributed by atoms with Gasteiger partial charge >= 0.3 is 0 Å². The average Bonchev–Trinajstić information content (AvgIpc) is 2.96. The molecule has 1 fully saturated rings. The number of hydrogen-bond donors (Lipinski definition) is 1. The van der Waals surface area contributed by atoms with Crippen LogP contribution in [0, 0.1) is 0 Å². The third kappa shape index (κ3) is 3.68. The van der Waals surface area contributed by atoms with E-state index < -0.39 is 10.0 Å². The maximum absolute atomic E-state index is 12.2. The van der Waals surface area contributed by atoms with Crippen LogP contribution in [0.3, 0.4) is 0 Å². The molecule has 3 nitrogen and oxygen atoms in total. The van der Waals surface area contributed by atoms with Crippen molar-refractivity contribution >= 4 is 60.7 Å². The van der Waals surface area contributed by atoms with E-state index in [2.05, 4.69) is 26.9 Å². The lowest BCUT2D eigenvalue weighted by molar-refractivity contribution is 0.552. The average molecular weight is 405 g/mol. The summed E-state index contributed by atoms with van der Waals surface area (Å²) in [5, 5.41) is 0.436. The fourth-order valence-electron chi connectivity index (χ4n) is 2.23. The maximum atomic E-state index is 12.2. The van der Waals surface area contributed by atoms with Gasteiger partial charge in [-0.1, -0.05) is 24.4 Å². The molecule has 0 amide bonds. The Bertz CT molecular complexity index is 533. The van der Waals surface area contributed by atoms with Crippen molar-refractivity contribution in [3.05, 3.63) is 14.9 Å². The van der Waals surface area contributed by atoms with Crippen LogP contribution in [0.1, 0.15) is 25.7 Å². The predicted octanol–water partition coefficient (Wildman–Crippen LogP) is 4.12. The van der Waals surface area contributed by atoms with E-state index in [9.17, 15) is 8.42 Å². The topological polar surface area (TPSA) is 46.2 Å². The molecule has 19 heavy (non-hydrogen) atoms. The molecule has 0 spiro atoms. The van der Waals surface area contributed by atoms with Crippen molar-refractivity contribution in [2.24, 2.45) is 0 Å². The van der Waals surface area contributed by atoms with Gasteiger partial charge in [-0.2, -0.15) is 11.8 Å². The Kier molecular flexibility index (Phi) is 5.29. The van der Waals surface area contributed by atoms with E-state index >= 15 is 0 Å². The van der Waals surface area contributed by atoms with Crippen molar-refractivity contribution in [3.8, 4) is 0 Å². The first kappa shape index (κ1) is 16.1. The number of thioether (sulfide) groups is 1. The number of sulfonamides is 1. The highest BCUT2D eigenvalue weighted by molar-refractivity contribution is 9.11. The van der Waals surface area contributed by atoms with Crippen LogP contribution in [0.15, 0.2) is 14.1 Å². The zero-order valence-electron chi connectivity index (χ0n) is 10.4. The Labute approximate surface area is 135 Å². The lowest BCUT2D eigenvalue weighted by atomic mass is 10.1. The van der Waals surface area contributed by atoms with Gasteiger partial charge in [0.1, 0.15) is 4.21 Å². The summed E-state index contributed by atoms with van der Waals surface area (Å²) in [6.45, 7) is 0.490. The van der Waals surface area contributed by atoms with E-state index in [1.54, 1.807) is 11.8 Å². The van der Waals surface area contributed by atoms with Crippen molar-refractivity contribution in [2.45, 2.75) is 34.6 Å². The number of halogens is 2. The van der Waals surface area contributed by atoms with Crippen LogP contribution >= 0.6 is 50.6 Å². The Morgan fingerprint density at radius 1 is 1.53 bits per heavy atom. The van der Waals surface area contributed by atoms with Crippen LogP contribution in [-0.2, 0) is 10.0 Å². The van der Waals surface area contributed by atoms with Crippen LogP contribution in [0.4, 0.5) is 0 Å². The minimum Gasteiger partial charge on any atom is -0.209 e. The SMILES string of the molecule is CSC1(CNS(=O)(=O)c2cc(Cl)c(Br)s2)CCCC1. The van der Waals surface area contributed by atoms with Gasteiger partial charge in [-0.3, -0.25) is 0 Å². The molecule has 1 saturated carbocycles. The van der Waals surface area contributed by atoms with Gasteiger partial charge in [0.05, 0.1) is 8.81 Å². The summed E-state index contributed by atoms with van der Waals surface area (Å²) >= 11 is 12.0. The number of nitrogens with one attached hydrogen (secondary N) is 1. The predicted molar refractivity (Wildman–Crippen MR) is 86.9 cm³/mol. The van der Waals surface area contributed by atoms with E-state index in [1.807, 2.05) is 0 Å². The van der Waals surface area contributed by atoms with E-state index in [4.69, 9.17) is 11.6 Å². The highest BCUT2D eigenvalue weighted by Gasteiger charge is 2.34. The molecule has 1 N–H and O–H groups in total. The van der Waals surface area contributed by atoms with Crippen molar-refractivity contribution in [2.75, 3.05) is 12.8 Å². The van der Waals surface area contributed by atoms with E-state index in [-0.39, 0.29) is 8.96 Å². The third-order valence-electron chi connectivity index (χ3n) is 3.42. The lowest BCUT2D eigenvalue weighted by Gasteiger charge is -2.26. The molecule has 2 rings (SSSR count). The largest absolute Gasteiger partial charge is 0.250 e. The smallest absolute Gasteiger partial charge is 0.209 e. The van der Waals surface area contributed by atoms with E-state index in [0.29, 0.717) is 15.4 Å². The molecule has 1 aromatic heterocycles. The third-order valence-corrected chi connectivity index (χ3v) is 9.19. The summed E-state index contributed by atoms with van der Waals surface area (Å²) in [4.78, 5) is 0. The van der Waals surface area contributed by atoms with Crippen LogP contribution in [0.5, 0.6) is 0 Å². The molecule has 108 valence electrons. The molecule has 0 saturated heterocycles. The van der Waals surface area contributed by atoms with Gasteiger partial charge in [0, 0.05) is 11.3 Å². The minimum atomic E-state index is -3.46. The normalized spacial score (nSPS) is 18.9. The van der Waals surface area contributed by atoms with Gasteiger partial charge in [-0.05, 0) is 41.1 Å².